The van der Waals surface area contributed by atoms with Gasteiger partial charge in [0.05, 0.1) is 29.3 Å². The first-order chi connectivity index (χ1) is 12.3. The standard InChI is InChI=1S/C20H23ClFN3O/c1-5-25(4)12-24-19-9-13(2)16(8-14(19)3)20(26)11-23-18-7-6-15(22)10-17(18)21/h6-10,12,23H,5,11H2,1-4H3/b24-12-. The van der Waals surface area contributed by atoms with Crippen LogP contribution in [0.2, 0.25) is 5.02 Å². The third-order valence-corrected chi connectivity index (χ3v) is 4.42. The number of aliphatic imine (C=N–C) groups is 1. The number of carbonyl (C=O) groups excluding carboxylic acids is 1. The molecule has 0 bridgehead atoms. The maximum atomic E-state index is 13.1. The van der Waals surface area contributed by atoms with E-state index in [2.05, 4.69) is 10.3 Å². The number of hydrogen-bond acceptors (Lipinski definition) is 3. The van der Waals surface area contributed by atoms with E-state index in [1.807, 2.05) is 44.9 Å². The van der Waals surface area contributed by atoms with E-state index in [-0.39, 0.29) is 17.4 Å². The minimum absolute atomic E-state index is 0.0628. The molecule has 2 aromatic carbocycles. The first-order valence-electron chi connectivity index (χ1n) is 8.39. The van der Waals surface area contributed by atoms with Crippen LogP contribution in [0.15, 0.2) is 35.3 Å². The van der Waals surface area contributed by atoms with Gasteiger partial charge in [-0.1, -0.05) is 11.6 Å². The molecule has 0 aliphatic carbocycles. The summed E-state index contributed by atoms with van der Waals surface area (Å²) in [5.41, 5.74) is 3.79. The molecule has 6 heteroatoms. The van der Waals surface area contributed by atoms with Gasteiger partial charge in [-0.05, 0) is 62.2 Å². The van der Waals surface area contributed by atoms with Gasteiger partial charge >= 0.3 is 0 Å². The highest BCUT2D eigenvalue weighted by Crippen LogP contribution is 2.25. The summed E-state index contributed by atoms with van der Waals surface area (Å²) >= 11 is 5.97. The van der Waals surface area contributed by atoms with Gasteiger partial charge in [-0.25, -0.2) is 9.38 Å². The van der Waals surface area contributed by atoms with E-state index in [4.69, 9.17) is 11.6 Å². The summed E-state index contributed by atoms with van der Waals surface area (Å²) in [4.78, 5) is 19.0. The van der Waals surface area contributed by atoms with Crippen LogP contribution in [0.5, 0.6) is 0 Å². The number of Topliss-reactive ketones (excluding diaryl/α,β-unsaturated/α-hetero) is 1. The average molecular weight is 376 g/mol. The highest BCUT2D eigenvalue weighted by molar-refractivity contribution is 6.33. The highest BCUT2D eigenvalue weighted by Gasteiger charge is 2.12. The highest BCUT2D eigenvalue weighted by atomic mass is 35.5. The number of ketones is 1. The molecule has 0 aliphatic rings. The summed E-state index contributed by atoms with van der Waals surface area (Å²) in [6.45, 7) is 6.81. The van der Waals surface area contributed by atoms with Crippen LogP contribution in [-0.2, 0) is 0 Å². The van der Waals surface area contributed by atoms with Crippen molar-refractivity contribution in [1.82, 2.24) is 4.90 Å². The summed E-state index contributed by atoms with van der Waals surface area (Å²) in [6, 6.07) is 7.79. The van der Waals surface area contributed by atoms with Crippen LogP contribution >= 0.6 is 11.6 Å². The van der Waals surface area contributed by atoms with Gasteiger partial charge in [0.25, 0.3) is 0 Å². The third-order valence-electron chi connectivity index (χ3n) is 4.11. The Morgan fingerprint density at radius 3 is 2.65 bits per heavy atom. The molecule has 0 radical (unpaired) electrons. The first-order valence-corrected chi connectivity index (χ1v) is 8.77. The van der Waals surface area contributed by atoms with E-state index in [1.165, 1.54) is 18.2 Å². The summed E-state index contributed by atoms with van der Waals surface area (Å²) in [5.74, 6) is -0.476. The lowest BCUT2D eigenvalue weighted by Crippen LogP contribution is -2.16. The Morgan fingerprint density at radius 2 is 2.00 bits per heavy atom. The van der Waals surface area contributed by atoms with Crippen molar-refractivity contribution >= 4 is 35.1 Å². The van der Waals surface area contributed by atoms with Crippen molar-refractivity contribution in [1.29, 1.82) is 0 Å². The summed E-state index contributed by atoms with van der Waals surface area (Å²) in [7, 11) is 1.95. The zero-order valence-corrected chi connectivity index (χ0v) is 16.2. The fourth-order valence-electron chi connectivity index (χ4n) is 2.39. The Hall–Kier alpha value is -2.40. The smallest absolute Gasteiger partial charge is 0.182 e. The van der Waals surface area contributed by atoms with E-state index >= 15 is 0 Å². The van der Waals surface area contributed by atoms with Gasteiger partial charge in [0, 0.05) is 19.2 Å². The predicted octanol–water partition coefficient (Wildman–Crippen LogP) is 5.00. The second-order valence-electron chi connectivity index (χ2n) is 6.17. The lowest BCUT2D eigenvalue weighted by Gasteiger charge is -2.12. The van der Waals surface area contributed by atoms with Crippen molar-refractivity contribution in [3.05, 3.63) is 57.9 Å². The molecule has 0 spiro atoms. The number of aryl methyl sites for hydroxylation is 2. The number of halogens is 2. The molecule has 0 saturated heterocycles. The maximum absolute atomic E-state index is 13.1. The molecule has 0 aliphatic heterocycles. The molecule has 138 valence electrons. The molecule has 0 saturated carbocycles. The number of rotatable bonds is 7. The van der Waals surface area contributed by atoms with Crippen LogP contribution < -0.4 is 5.32 Å². The molecule has 0 amide bonds. The molecule has 0 fully saturated rings. The largest absolute Gasteiger partial charge is 0.376 e. The SMILES string of the molecule is CCN(C)/C=N\c1cc(C)c(C(=O)CNc2ccc(F)cc2Cl)cc1C. The molecule has 0 aromatic heterocycles. The molecule has 2 rings (SSSR count). The van der Waals surface area contributed by atoms with Crippen LogP contribution in [0.25, 0.3) is 0 Å². The van der Waals surface area contributed by atoms with Crippen molar-refractivity contribution < 1.29 is 9.18 Å². The normalized spacial score (nSPS) is 11.0. The molecule has 26 heavy (non-hydrogen) atoms. The second-order valence-corrected chi connectivity index (χ2v) is 6.58. The minimum Gasteiger partial charge on any atom is -0.376 e. The Morgan fingerprint density at radius 1 is 1.27 bits per heavy atom. The predicted molar refractivity (Wildman–Crippen MR) is 107 cm³/mol. The Balaban J connectivity index is 2.13. The van der Waals surface area contributed by atoms with E-state index in [0.29, 0.717) is 11.3 Å². The molecule has 2 aromatic rings. The summed E-state index contributed by atoms with van der Waals surface area (Å²) < 4.78 is 13.1. The fourth-order valence-corrected chi connectivity index (χ4v) is 2.62. The van der Waals surface area contributed by atoms with E-state index < -0.39 is 5.82 Å². The van der Waals surface area contributed by atoms with Gasteiger partial charge in [-0.2, -0.15) is 0 Å². The number of benzene rings is 2. The number of nitrogens with zero attached hydrogens (tertiary/aromatic N) is 2. The summed E-state index contributed by atoms with van der Waals surface area (Å²) in [6.07, 6.45) is 1.78. The molecule has 0 unspecified atom stereocenters. The van der Waals surface area contributed by atoms with E-state index in [9.17, 15) is 9.18 Å². The van der Waals surface area contributed by atoms with Gasteiger partial charge in [0.15, 0.2) is 5.78 Å². The van der Waals surface area contributed by atoms with Crippen LogP contribution in [0.1, 0.15) is 28.4 Å². The van der Waals surface area contributed by atoms with Crippen LogP contribution in [0.3, 0.4) is 0 Å². The van der Waals surface area contributed by atoms with Crippen LogP contribution in [0, 0.1) is 19.7 Å². The summed E-state index contributed by atoms with van der Waals surface area (Å²) in [5, 5.41) is 3.21. The molecular formula is C20H23ClFN3O. The van der Waals surface area contributed by atoms with Gasteiger partial charge < -0.3 is 10.2 Å². The quantitative estimate of drug-likeness (QED) is 0.420. The number of anilines is 1. The lowest BCUT2D eigenvalue weighted by molar-refractivity contribution is 0.101. The van der Waals surface area contributed by atoms with Gasteiger partial charge in [-0.3, -0.25) is 4.79 Å². The van der Waals surface area contributed by atoms with Gasteiger partial charge in [0.2, 0.25) is 0 Å². The van der Waals surface area contributed by atoms with E-state index in [1.54, 1.807) is 6.34 Å². The molecule has 0 heterocycles. The zero-order chi connectivity index (χ0) is 19.3. The number of hydrogen-bond donors (Lipinski definition) is 1. The van der Waals surface area contributed by atoms with E-state index in [0.717, 1.165) is 23.4 Å². The van der Waals surface area contributed by atoms with Crippen molar-refractivity contribution in [3.8, 4) is 0 Å². The molecule has 1 N–H and O–H groups in total. The average Bonchev–Trinajstić information content (AvgIpc) is 2.60. The molecule has 4 nitrogen and oxygen atoms in total. The molecular weight excluding hydrogens is 353 g/mol. The fraction of sp³-hybridized carbons (Fsp3) is 0.300. The minimum atomic E-state index is -0.414. The van der Waals surface area contributed by atoms with Crippen molar-refractivity contribution in [2.75, 3.05) is 25.5 Å². The zero-order valence-electron chi connectivity index (χ0n) is 15.4. The topological polar surface area (TPSA) is 44.7 Å². The Bertz CT molecular complexity index is 836. The Labute approximate surface area is 158 Å². The second kappa shape index (κ2) is 8.81. The molecule has 0 atom stereocenters. The van der Waals surface area contributed by atoms with Crippen molar-refractivity contribution in [3.63, 3.8) is 0 Å². The van der Waals surface area contributed by atoms with Gasteiger partial charge in [0.1, 0.15) is 5.82 Å². The third kappa shape index (κ3) is 5.05. The lowest BCUT2D eigenvalue weighted by atomic mass is 10.0. The first kappa shape index (κ1) is 19.9. The van der Waals surface area contributed by atoms with Crippen molar-refractivity contribution in [2.24, 2.45) is 4.99 Å². The van der Waals surface area contributed by atoms with Crippen LogP contribution in [-0.4, -0.2) is 37.2 Å². The maximum Gasteiger partial charge on any atom is 0.182 e. The van der Waals surface area contributed by atoms with Crippen molar-refractivity contribution in [2.45, 2.75) is 20.8 Å². The number of nitrogens with one attached hydrogen (secondary N) is 1. The number of carbonyl (C=O) groups is 1. The van der Waals surface area contributed by atoms with Gasteiger partial charge in [-0.15, -0.1) is 0 Å². The Kier molecular flexibility index (Phi) is 6.75. The van der Waals surface area contributed by atoms with Crippen LogP contribution in [0.4, 0.5) is 15.8 Å². The monoisotopic (exact) mass is 375 g/mol.